The lowest BCUT2D eigenvalue weighted by atomic mass is 9.89. The molecule has 194 valence electrons. The van der Waals surface area contributed by atoms with E-state index in [0.29, 0.717) is 18.0 Å². The number of hydrogen-bond donors (Lipinski definition) is 0. The fourth-order valence-corrected chi connectivity index (χ4v) is 4.57. The van der Waals surface area contributed by atoms with Gasteiger partial charge in [-0.3, -0.25) is 4.90 Å². The number of methoxy groups -OCH3 is 1. The van der Waals surface area contributed by atoms with Crippen LogP contribution >= 0.6 is 0 Å². The van der Waals surface area contributed by atoms with Gasteiger partial charge in [-0.05, 0) is 88.8 Å². The monoisotopic (exact) mass is 487 g/mol. The van der Waals surface area contributed by atoms with Gasteiger partial charge in [-0.2, -0.15) is 0 Å². The molecule has 2 aromatic rings. The van der Waals surface area contributed by atoms with Crippen LogP contribution in [0.5, 0.6) is 5.75 Å². The number of hydrogen-bond acceptors (Lipinski definition) is 3. The summed E-state index contributed by atoms with van der Waals surface area (Å²) >= 11 is 0. The van der Waals surface area contributed by atoms with E-state index in [1.807, 2.05) is 18.4 Å². The summed E-state index contributed by atoms with van der Waals surface area (Å²) in [4.78, 5) is 2.57. The summed E-state index contributed by atoms with van der Waals surface area (Å²) in [7, 11) is 1.72. The summed E-state index contributed by atoms with van der Waals surface area (Å²) in [5, 5.41) is 0. The lowest BCUT2D eigenvalue weighted by Gasteiger charge is -2.34. The number of ether oxygens (including phenoxy) is 1. The van der Waals surface area contributed by atoms with Crippen LogP contribution in [-0.2, 0) is 0 Å². The number of nitrogens with zero attached hydrogens (tertiary/aromatic N) is 1. The van der Waals surface area contributed by atoms with Crippen LogP contribution in [0.3, 0.4) is 0 Å². The van der Waals surface area contributed by atoms with Gasteiger partial charge in [0.15, 0.2) is 0 Å². The maximum atomic E-state index is 6.10. The Balaban J connectivity index is 2.31. The average molecular weight is 488 g/mol. The third kappa shape index (κ3) is 7.52. The minimum atomic E-state index is 0.309. The summed E-state index contributed by atoms with van der Waals surface area (Å²) in [6.07, 6.45) is 17.1. The van der Waals surface area contributed by atoms with E-state index in [1.54, 1.807) is 13.4 Å². The van der Waals surface area contributed by atoms with Gasteiger partial charge in [-0.15, -0.1) is 6.42 Å². The summed E-state index contributed by atoms with van der Waals surface area (Å²) in [6, 6.07) is 11.0. The Morgan fingerprint density at radius 2 is 1.89 bits per heavy atom. The van der Waals surface area contributed by atoms with Crippen LogP contribution in [0, 0.1) is 18.3 Å². The lowest BCUT2D eigenvalue weighted by Crippen LogP contribution is -2.35. The third-order valence-electron chi connectivity index (χ3n) is 7.37. The zero-order valence-electron chi connectivity index (χ0n) is 23.6. The zero-order chi connectivity index (χ0) is 26.7. The smallest absolute Gasteiger partial charge is 0.126 e. The molecule has 1 heterocycles. The molecular formula is C33H45NO2. The van der Waals surface area contributed by atoms with Gasteiger partial charge in [-0.25, -0.2) is 0 Å². The van der Waals surface area contributed by atoms with Crippen LogP contribution in [-0.4, -0.2) is 24.6 Å². The first kappa shape index (κ1) is 29.3. The van der Waals surface area contributed by atoms with Crippen molar-refractivity contribution >= 4 is 5.57 Å². The standard InChI is InChI=1S/C33H45NO2/c1-10-25(6)34(27(8)30-19-21-36-23-30)20-15-16-28(11-2)29(12-3)22-32(26(7)24(4)5)31-17-13-14-18-33(31)35-9/h3,11,13-14,17-19,21-25,27H,10,15-16,20H2,1-2,4-9H3/b28-11-,29-22-,32-26-/t25-,27?/m1/s1. The molecular weight excluding hydrogens is 442 g/mol. The molecule has 0 aliphatic heterocycles. The quantitative estimate of drug-likeness (QED) is 0.208. The van der Waals surface area contributed by atoms with Crippen molar-refractivity contribution in [1.82, 2.24) is 4.90 Å². The summed E-state index contributed by atoms with van der Waals surface area (Å²) in [5.41, 5.74) is 6.88. The van der Waals surface area contributed by atoms with Gasteiger partial charge in [0.05, 0.1) is 19.6 Å². The van der Waals surface area contributed by atoms with Crippen molar-refractivity contribution in [1.29, 1.82) is 0 Å². The van der Waals surface area contributed by atoms with E-state index in [0.717, 1.165) is 48.3 Å². The molecule has 0 aliphatic rings. The number of para-hydroxylation sites is 1. The minimum Gasteiger partial charge on any atom is -0.496 e. The molecule has 3 nitrogen and oxygen atoms in total. The first-order valence-corrected chi connectivity index (χ1v) is 13.2. The Morgan fingerprint density at radius 1 is 1.17 bits per heavy atom. The Labute approximate surface area is 219 Å². The average Bonchev–Trinajstić information content (AvgIpc) is 3.44. The van der Waals surface area contributed by atoms with Gasteiger partial charge in [0.25, 0.3) is 0 Å². The topological polar surface area (TPSA) is 25.6 Å². The molecule has 0 spiro atoms. The van der Waals surface area contributed by atoms with E-state index in [9.17, 15) is 0 Å². The van der Waals surface area contributed by atoms with E-state index in [-0.39, 0.29) is 0 Å². The molecule has 0 fully saturated rings. The van der Waals surface area contributed by atoms with Gasteiger partial charge < -0.3 is 9.15 Å². The van der Waals surface area contributed by atoms with Gasteiger partial charge in [0.2, 0.25) is 0 Å². The van der Waals surface area contributed by atoms with Crippen molar-refractivity contribution in [2.24, 2.45) is 5.92 Å². The molecule has 2 atom stereocenters. The van der Waals surface area contributed by atoms with Crippen LogP contribution in [0.2, 0.25) is 0 Å². The summed E-state index contributed by atoms with van der Waals surface area (Å²) < 4.78 is 11.0. The molecule has 1 aromatic carbocycles. The molecule has 2 rings (SSSR count). The molecule has 0 bridgehead atoms. The van der Waals surface area contributed by atoms with Crippen molar-refractivity contribution in [3.63, 3.8) is 0 Å². The van der Waals surface area contributed by atoms with E-state index in [1.165, 1.54) is 16.7 Å². The van der Waals surface area contributed by atoms with E-state index < -0.39 is 0 Å². The number of terminal acetylenes is 1. The predicted octanol–water partition coefficient (Wildman–Crippen LogP) is 8.87. The van der Waals surface area contributed by atoms with E-state index >= 15 is 0 Å². The molecule has 0 N–H and O–H groups in total. The first-order chi connectivity index (χ1) is 17.3. The number of benzene rings is 1. The van der Waals surface area contributed by atoms with Crippen LogP contribution in [0.15, 0.2) is 76.1 Å². The van der Waals surface area contributed by atoms with E-state index in [2.05, 4.69) is 89.6 Å². The third-order valence-corrected chi connectivity index (χ3v) is 7.37. The predicted molar refractivity (Wildman–Crippen MR) is 154 cm³/mol. The second-order valence-corrected chi connectivity index (χ2v) is 9.80. The molecule has 3 heteroatoms. The Morgan fingerprint density at radius 3 is 2.44 bits per heavy atom. The van der Waals surface area contributed by atoms with Gasteiger partial charge in [0, 0.05) is 28.8 Å². The zero-order valence-corrected chi connectivity index (χ0v) is 23.6. The van der Waals surface area contributed by atoms with Crippen LogP contribution in [0.1, 0.15) is 84.9 Å². The van der Waals surface area contributed by atoms with Crippen molar-refractivity contribution < 1.29 is 9.15 Å². The molecule has 1 aromatic heterocycles. The lowest BCUT2D eigenvalue weighted by molar-refractivity contribution is 0.147. The maximum Gasteiger partial charge on any atom is 0.126 e. The molecule has 0 aliphatic carbocycles. The van der Waals surface area contributed by atoms with Crippen LogP contribution in [0.25, 0.3) is 5.57 Å². The van der Waals surface area contributed by atoms with Crippen LogP contribution in [0.4, 0.5) is 0 Å². The maximum absolute atomic E-state index is 6.10. The highest BCUT2D eigenvalue weighted by Gasteiger charge is 2.21. The summed E-state index contributed by atoms with van der Waals surface area (Å²) in [6.45, 7) is 16.5. The number of allylic oxidation sites excluding steroid dienone is 6. The van der Waals surface area contributed by atoms with Crippen LogP contribution < -0.4 is 4.74 Å². The largest absolute Gasteiger partial charge is 0.496 e. The van der Waals surface area contributed by atoms with Crippen molar-refractivity contribution in [3.8, 4) is 18.1 Å². The van der Waals surface area contributed by atoms with Gasteiger partial charge in [0.1, 0.15) is 5.75 Å². The fraction of sp³-hybridized carbons (Fsp3) is 0.455. The number of furan rings is 1. The fourth-order valence-electron chi connectivity index (χ4n) is 4.57. The van der Waals surface area contributed by atoms with Gasteiger partial charge in [-0.1, -0.05) is 56.5 Å². The molecule has 0 saturated carbocycles. The molecule has 0 saturated heterocycles. The highest BCUT2D eigenvalue weighted by Crippen LogP contribution is 2.34. The Hall–Kier alpha value is -2.96. The second-order valence-electron chi connectivity index (χ2n) is 9.80. The van der Waals surface area contributed by atoms with Gasteiger partial charge >= 0.3 is 0 Å². The van der Waals surface area contributed by atoms with Crippen molar-refractivity contribution in [3.05, 3.63) is 82.9 Å². The molecule has 1 unspecified atom stereocenters. The molecule has 36 heavy (non-hydrogen) atoms. The molecule has 0 radical (unpaired) electrons. The SMILES string of the molecule is C#CC(=C/C(=C(\C)C(C)C)c1ccccc1OC)/C(=C\C)CCCN(C(C)c1ccoc1)[C@H](C)CC. The van der Waals surface area contributed by atoms with E-state index in [4.69, 9.17) is 15.6 Å². The highest BCUT2D eigenvalue weighted by atomic mass is 16.5. The first-order valence-electron chi connectivity index (χ1n) is 13.2. The normalized spacial score (nSPS) is 15.0. The highest BCUT2D eigenvalue weighted by molar-refractivity contribution is 5.82. The number of rotatable bonds is 13. The molecule has 0 amide bonds. The Kier molecular flexibility index (Phi) is 11.8. The second kappa shape index (κ2) is 14.6. The van der Waals surface area contributed by atoms with Crippen molar-refractivity contribution in [2.75, 3.05) is 13.7 Å². The summed E-state index contributed by atoms with van der Waals surface area (Å²) in [5.74, 6) is 4.25. The minimum absolute atomic E-state index is 0.309. The van der Waals surface area contributed by atoms with Crippen molar-refractivity contribution in [2.45, 2.75) is 79.8 Å². The Bertz CT molecular complexity index is 1080.